The minimum absolute atomic E-state index is 0.188. The molecule has 0 saturated heterocycles. The normalized spacial score (nSPS) is 10.6. The highest BCUT2D eigenvalue weighted by Crippen LogP contribution is 2.14. The van der Waals surface area contributed by atoms with Gasteiger partial charge >= 0.3 is 0 Å². The Balaban J connectivity index is 2.09. The standard InChI is InChI=1S/C11H16N6O/c1-3-4-7-5-8(16-15-7)13-11(18)10-9(12)6(2)14-17-10/h5H,3-4,12H2,1-2H3,(H,14,17)(H2,13,15,16,18). The molecule has 96 valence electrons. The lowest BCUT2D eigenvalue weighted by molar-refractivity contribution is 0.102. The molecule has 0 atom stereocenters. The van der Waals surface area contributed by atoms with E-state index < -0.39 is 0 Å². The van der Waals surface area contributed by atoms with Gasteiger partial charge in [0.05, 0.1) is 11.4 Å². The minimum atomic E-state index is -0.369. The van der Waals surface area contributed by atoms with Crippen molar-refractivity contribution in [1.29, 1.82) is 0 Å². The number of nitrogen functional groups attached to an aromatic ring is 1. The molecule has 2 aromatic heterocycles. The van der Waals surface area contributed by atoms with Crippen molar-refractivity contribution in [3.8, 4) is 0 Å². The predicted molar refractivity (Wildman–Crippen MR) is 68.3 cm³/mol. The third kappa shape index (κ3) is 2.34. The maximum atomic E-state index is 11.9. The van der Waals surface area contributed by atoms with E-state index in [1.165, 1.54) is 0 Å². The minimum Gasteiger partial charge on any atom is -0.395 e. The Labute approximate surface area is 104 Å². The van der Waals surface area contributed by atoms with Crippen LogP contribution in [0, 0.1) is 6.92 Å². The lowest BCUT2D eigenvalue weighted by atomic mass is 10.2. The molecule has 0 fully saturated rings. The first-order chi connectivity index (χ1) is 8.61. The zero-order valence-corrected chi connectivity index (χ0v) is 10.4. The van der Waals surface area contributed by atoms with E-state index >= 15 is 0 Å². The van der Waals surface area contributed by atoms with E-state index in [4.69, 9.17) is 5.73 Å². The summed E-state index contributed by atoms with van der Waals surface area (Å²) in [6.07, 6.45) is 1.91. The first-order valence-corrected chi connectivity index (χ1v) is 5.78. The van der Waals surface area contributed by atoms with Gasteiger partial charge in [-0.1, -0.05) is 13.3 Å². The van der Waals surface area contributed by atoms with Gasteiger partial charge in [-0.05, 0) is 13.3 Å². The van der Waals surface area contributed by atoms with E-state index in [1.54, 1.807) is 13.0 Å². The number of H-pyrrole nitrogens is 2. The number of nitrogens with one attached hydrogen (secondary N) is 3. The lowest BCUT2D eigenvalue weighted by Gasteiger charge is -1.98. The van der Waals surface area contributed by atoms with Gasteiger partial charge in [-0.15, -0.1) is 0 Å². The molecule has 2 rings (SSSR count). The largest absolute Gasteiger partial charge is 0.395 e. The molecular weight excluding hydrogens is 232 g/mol. The smallest absolute Gasteiger partial charge is 0.279 e. The second-order valence-corrected chi connectivity index (χ2v) is 4.09. The highest BCUT2D eigenvalue weighted by atomic mass is 16.2. The van der Waals surface area contributed by atoms with Crippen LogP contribution in [0.5, 0.6) is 0 Å². The van der Waals surface area contributed by atoms with Crippen LogP contribution in [0.25, 0.3) is 0 Å². The number of aromatic amines is 2. The topological polar surface area (TPSA) is 112 Å². The van der Waals surface area contributed by atoms with E-state index in [-0.39, 0.29) is 11.6 Å². The quantitative estimate of drug-likeness (QED) is 0.651. The average Bonchev–Trinajstić information content (AvgIpc) is 2.89. The third-order valence-corrected chi connectivity index (χ3v) is 2.60. The molecule has 2 aromatic rings. The molecule has 0 bridgehead atoms. The summed E-state index contributed by atoms with van der Waals surface area (Å²) < 4.78 is 0. The summed E-state index contributed by atoms with van der Waals surface area (Å²) in [5.74, 6) is 0.106. The summed E-state index contributed by atoms with van der Waals surface area (Å²) in [4.78, 5) is 11.9. The molecule has 0 aromatic carbocycles. The molecule has 7 heteroatoms. The van der Waals surface area contributed by atoms with Gasteiger partial charge in [-0.25, -0.2) is 0 Å². The lowest BCUT2D eigenvalue weighted by Crippen LogP contribution is -2.14. The number of carbonyl (C=O) groups excluding carboxylic acids is 1. The maximum Gasteiger partial charge on any atom is 0.279 e. The molecule has 18 heavy (non-hydrogen) atoms. The summed E-state index contributed by atoms with van der Waals surface area (Å²) in [7, 11) is 0. The fourth-order valence-electron chi connectivity index (χ4n) is 1.61. The Morgan fingerprint density at radius 3 is 2.83 bits per heavy atom. The third-order valence-electron chi connectivity index (χ3n) is 2.60. The van der Waals surface area contributed by atoms with E-state index in [0.29, 0.717) is 17.2 Å². The highest BCUT2D eigenvalue weighted by molar-refractivity contribution is 6.06. The number of hydrogen-bond acceptors (Lipinski definition) is 4. The van der Waals surface area contributed by atoms with Gasteiger partial charge in [-0.3, -0.25) is 15.0 Å². The second-order valence-electron chi connectivity index (χ2n) is 4.09. The molecule has 0 aliphatic heterocycles. The SMILES string of the molecule is CCCc1cc(NC(=O)c2n[nH]c(C)c2N)n[nH]1. The summed E-state index contributed by atoms with van der Waals surface area (Å²) in [6.45, 7) is 3.83. The van der Waals surface area contributed by atoms with E-state index in [1.807, 2.05) is 0 Å². The summed E-state index contributed by atoms with van der Waals surface area (Å²) in [5.41, 5.74) is 7.93. The molecule has 7 nitrogen and oxygen atoms in total. The Morgan fingerprint density at radius 1 is 1.44 bits per heavy atom. The molecule has 2 heterocycles. The average molecular weight is 248 g/mol. The Morgan fingerprint density at radius 2 is 2.22 bits per heavy atom. The number of nitrogens with two attached hydrogens (primary N) is 1. The van der Waals surface area contributed by atoms with Crippen LogP contribution in [0.3, 0.4) is 0 Å². The van der Waals surface area contributed by atoms with Crippen molar-refractivity contribution in [2.24, 2.45) is 0 Å². The van der Waals surface area contributed by atoms with Gasteiger partial charge in [0, 0.05) is 11.8 Å². The molecule has 0 saturated carbocycles. The number of anilines is 2. The molecule has 0 radical (unpaired) electrons. The molecule has 0 aliphatic carbocycles. The molecule has 1 amide bonds. The zero-order chi connectivity index (χ0) is 13.1. The van der Waals surface area contributed by atoms with Crippen LogP contribution in [0.15, 0.2) is 6.07 Å². The van der Waals surface area contributed by atoms with Crippen LogP contribution in [0.1, 0.15) is 35.2 Å². The molecular formula is C11H16N6O. The van der Waals surface area contributed by atoms with Gasteiger partial charge in [0.1, 0.15) is 0 Å². The van der Waals surface area contributed by atoms with Crippen LogP contribution in [-0.4, -0.2) is 26.3 Å². The van der Waals surface area contributed by atoms with Crippen LogP contribution in [0.2, 0.25) is 0 Å². The van der Waals surface area contributed by atoms with E-state index in [0.717, 1.165) is 18.5 Å². The Hall–Kier alpha value is -2.31. The van der Waals surface area contributed by atoms with Crippen molar-refractivity contribution < 1.29 is 4.79 Å². The summed E-state index contributed by atoms with van der Waals surface area (Å²) in [6, 6.07) is 1.80. The van der Waals surface area contributed by atoms with Crippen LogP contribution in [0.4, 0.5) is 11.5 Å². The fourth-order valence-corrected chi connectivity index (χ4v) is 1.61. The van der Waals surface area contributed by atoms with Crippen molar-refractivity contribution in [3.63, 3.8) is 0 Å². The molecule has 5 N–H and O–H groups in total. The Bertz CT molecular complexity index is 556. The zero-order valence-electron chi connectivity index (χ0n) is 10.4. The van der Waals surface area contributed by atoms with E-state index in [9.17, 15) is 4.79 Å². The van der Waals surface area contributed by atoms with Gasteiger partial charge in [0.2, 0.25) is 0 Å². The number of hydrogen-bond donors (Lipinski definition) is 4. The van der Waals surface area contributed by atoms with Gasteiger partial charge in [0.25, 0.3) is 5.91 Å². The number of rotatable bonds is 4. The number of aromatic nitrogens is 4. The van der Waals surface area contributed by atoms with Crippen LogP contribution >= 0.6 is 0 Å². The first kappa shape index (κ1) is 12.2. The number of nitrogens with zero attached hydrogens (tertiary/aromatic N) is 2. The van der Waals surface area contributed by atoms with Crippen molar-refractivity contribution in [3.05, 3.63) is 23.1 Å². The van der Waals surface area contributed by atoms with Crippen molar-refractivity contribution in [1.82, 2.24) is 20.4 Å². The van der Waals surface area contributed by atoms with Gasteiger partial charge in [-0.2, -0.15) is 10.2 Å². The predicted octanol–water partition coefficient (Wildman–Crippen LogP) is 1.23. The second kappa shape index (κ2) is 4.91. The molecule has 0 unspecified atom stereocenters. The van der Waals surface area contributed by atoms with Gasteiger partial charge < -0.3 is 11.1 Å². The van der Waals surface area contributed by atoms with Gasteiger partial charge in [0.15, 0.2) is 11.5 Å². The molecule has 0 spiro atoms. The summed E-state index contributed by atoms with van der Waals surface area (Å²) in [5, 5.41) is 16.0. The number of carbonyl (C=O) groups is 1. The fraction of sp³-hybridized carbons (Fsp3) is 0.364. The van der Waals surface area contributed by atoms with Crippen molar-refractivity contribution in [2.45, 2.75) is 26.7 Å². The molecule has 0 aliphatic rings. The highest BCUT2D eigenvalue weighted by Gasteiger charge is 2.16. The van der Waals surface area contributed by atoms with Crippen LogP contribution in [-0.2, 0) is 6.42 Å². The monoisotopic (exact) mass is 248 g/mol. The van der Waals surface area contributed by atoms with Crippen molar-refractivity contribution in [2.75, 3.05) is 11.1 Å². The number of aryl methyl sites for hydroxylation is 2. The van der Waals surface area contributed by atoms with E-state index in [2.05, 4.69) is 32.6 Å². The van der Waals surface area contributed by atoms with Crippen molar-refractivity contribution >= 4 is 17.4 Å². The maximum absolute atomic E-state index is 11.9. The Kier molecular flexibility index (Phi) is 3.31. The number of amides is 1. The summed E-state index contributed by atoms with van der Waals surface area (Å²) >= 11 is 0. The van der Waals surface area contributed by atoms with Crippen LogP contribution < -0.4 is 11.1 Å². The first-order valence-electron chi connectivity index (χ1n) is 5.78.